The van der Waals surface area contributed by atoms with E-state index in [4.69, 9.17) is 0 Å². The van der Waals surface area contributed by atoms with Gasteiger partial charge in [-0.15, -0.1) is 0 Å². The van der Waals surface area contributed by atoms with Crippen molar-refractivity contribution in [2.45, 2.75) is 88.9 Å². The van der Waals surface area contributed by atoms with E-state index in [1.165, 1.54) is 53.4 Å². The van der Waals surface area contributed by atoms with Gasteiger partial charge < -0.3 is 0 Å². The van der Waals surface area contributed by atoms with Crippen LogP contribution in [0.4, 0.5) is 0 Å². The number of carbonyl (C=O) groups is 4. The van der Waals surface area contributed by atoms with Gasteiger partial charge in [-0.25, -0.2) is 0 Å². The van der Waals surface area contributed by atoms with Crippen molar-refractivity contribution >= 4 is 44.3 Å². The molecule has 0 N–H and O–H groups in total. The van der Waals surface area contributed by atoms with Gasteiger partial charge in [0.2, 0.25) is 0 Å². The molecule has 0 heterocycles. The van der Waals surface area contributed by atoms with Crippen LogP contribution >= 0.6 is 0 Å². The topological polar surface area (TPSA) is 68.3 Å². The predicted molar refractivity (Wildman–Crippen MR) is 97.1 cm³/mol. The quantitative estimate of drug-likeness (QED) is 0.294. The van der Waals surface area contributed by atoms with Crippen LogP contribution in [0.1, 0.15) is 80.1 Å². The molecule has 134 valence electrons. The van der Waals surface area contributed by atoms with E-state index < -0.39 is 0 Å². The van der Waals surface area contributed by atoms with E-state index in [1.54, 1.807) is 8.87 Å². The maximum atomic E-state index is 10.0. The third kappa shape index (κ3) is 44.9. The maximum absolute atomic E-state index is 10.0. The molecule has 4 nitrogen and oxygen atoms in total. The minimum absolute atomic E-state index is 0.0625. The second-order valence-corrected chi connectivity index (χ2v) is 9.90. The second kappa shape index (κ2) is 21.5. The molecule has 0 aromatic rings. The number of carbonyl (C=O) groups excluding carboxylic acids is 4. The van der Waals surface area contributed by atoms with E-state index in [9.17, 15) is 19.2 Å². The first-order valence-corrected chi connectivity index (χ1v) is 12.4. The van der Waals surface area contributed by atoms with Crippen molar-refractivity contribution in [3.8, 4) is 0 Å². The summed E-state index contributed by atoms with van der Waals surface area (Å²) < 4.78 is 3.25. The molecule has 0 fully saturated rings. The standard InChI is InChI=1S/2C5H8O2.2C4H9.Sn/c2*1-4(6)3-5(2)7;2*1-3-4-2;/h2*3H2,1-2H3;2*1,3-4H2,2H3;. The molecule has 0 unspecified atom stereocenters. The van der Waals surface area contributed by atoms with Crippen LogP contribution in [0.25, 0.3) is 0 Å². The Kier molecular flexibility index (Phi) is 25.5. The second-order valence-electron chi connectivity index (χ2n) is 5.62. The molecule has 0 spiro atoms. The first kappa shape index (κ1) is 27.3. The van der Waals surface area contributed by atoms with Crippen molar-refractivity contribution in [3.63, 3.8) is 0 Å². The molecule has 0 bridgehead atoms. The number of ketones is 4. The summed E-state index contributed by atoms with van der Waals surface area (Å²) in [6, 6.07) is 0. The van der Waals surface area contributed by atoms with Gasteiger partial charge in [0.25, 0.3) is 0 Å². The van der Waals surface area contributed by atoms with Gasteiger partial charge in [0.05, 0.1) is 12.8 Å². The average Bonchev–Trinajstić information content (AvgIpc) is 2.36. The number of hydrogen-bond acceptors (Lipinski definition) is 4. The van der Waals surface area contributed by atoms with Crippen molar-refractivity contribution in [1.82, 2.24) is 0 Å². The number of Topliss-reactive ketones (excluding diaryl/α,β-unsaturated/α-hetero) is 4. The average molecular weight is 433 g/mol. The summed E-state index contributed by atoms with van der Waals surface area (Å²) in [6.45, 7) is 10.2. The molecule has 0 amide bonds. The summed E-state index contributed by atoms with van der Waals surface area (Å²) in [7, 11) is 0. The van der Waals surface area contributed by atoms with Crippen LogP contribution in [0.3, 0.4) is 0 Å². The zero-order valence-electron chi connectivity index (χ0n) is 15.8. The van der Waals surface area contributed by atoms with Crippen LogP contribution in [0.15, 0.2) is 0 Å². The zero-order valence-corrected chi connectivity index (χ0v) is 18.6. The molecule has 0 aromatic carbocycles. The van der Waals surface area contributed by atoms with Crippen LogP contribution in [-0.4, -0.2) is 44.3 Å². The third-order valence-electron chi connectivity index (χ3n) is 2.41. The minimum atomic E-state index is -0.0625. The monoisotopic (exact) mass is 434 g/mol. The molecule has 2 radical (unpaired) electrons. The van der Waals surface area contributed by atoms with Gasteiger partial charge in [-0.1, -0.05) is 0 Å². The van der Waals surface area contributed by atoms with Crippen LogP contribution < -0.4 is 0 Å². The molecule has 0 rings (SSSR count). The van der Waals surface area contributed by atoms with Crippen molar-refractivity contribution in [3.05, 3.63) is 0 Å². The van der Waals surface area contributed by atoms with Gasteiger partial charge >= 0.3 is 69.5 Å². The first-order valence-electron chi connectivity index (χ1n) is 8.35. The summed E-state index contributed by atoms with van der Waals surface area (Å²) in [4.78, 5) is 40.1. The Hall–Kier alpha value is -0.521. The number of rotatable bonds is 10. The summed E-state index contributed by atoms with van der Waals surface area (Å²) in [5.41, 5.74) is 0. The first-order chi connectivity index (χ1) is 10.7. The fourth-order valence-electron chi connectivity index (χ4n) is 1.43. The summed E-state index contributed by atoms with van der Waals surface area (Å²) in [5, 5.41) is 0. The van der Waals surface area contributed by atoms with Crippen LogP contribution in [0.5, 0.6) is 0 Å². The normalized spacial score (nSPS) is 8.96. The van der Waals surface area contributed by atoms with Crippen LogP contribution in [0, 0.1) is 0 Å². The van der Waals surface area contributed by atoms with Crippen LogP contribution in [0.2, 0.25) is 8.87 Å². The van der Waals surface area contributed by atoms with Gasteiger partial charge in [-0.2, -0.15) is 0 Å². The van der Waals surface area contributed by atoms with Crippen molar-refractivity contribution < 1.29 is 19.2 Å². The Morgan fingerprint density at radius 2 is 0.870 bits per heavy atom. The van der Waals surface area contributed by atoms with Crippen molar-refractivity contribution in [2.75, 3.05) is 0 Å². The van der Waals surface area contributed by atoms with E-state index >= 15 is 0 Å². The summed E-state index contributed by atoms with van der Waals surface area (Å²) >= 11 is 0.149. The van der Waals surface area contributed by atoms with Gasteiger partial charge in [0.15, 0.2) is 0 Å². The summed E-state index contributed by atoms with van der Waals surface area (Å²) in [6.07, 6.45) is 6.01. The summed E-state index contributed by atoms with van der Waals surface area (Å²) in [5.74, 6) is -0.250. The predicted octanol–water partition coefficient (Wildman–Crippen LogP) is 4.24. The Labute approximate surface area is 152 Å². The molecule has 0 aliphatic carbocycles. The van der Waals surface area contributed by atoms with E-state index in [2.05, 4.69) is 13.8 Å². The van der Waals surface area contributed by atoms with Crippen molar-refractivity contribution in [2.24, 2.45) is 0 Å². The van der Waals surface area contributed by atoms with Gasteiger partial charge in [0.1, 0.15) is 23.1 Å². The molecule has 0 atom stereocenters. The third-order valence-corrected chi connectivity index (χ3v) is 6.45. The molecule has 0 aliphatic heterocycles. The molecular weight excluding hydrogens is 399 g/mol. The number of hydrogen-bond donors (Lipinski definition) is 0. The van der Waals surface area contributed by atoms with E-state index in [0.717, 1.165) is 0 Å². The SMILES string of the molecule is CC(=O)CC(C)=O.CC(=O)CC(C)=O.CCC[CH2][Sn][CH2]CCC. The van der Waals surface area contributed by atoms with E-state index in [-0.39, 0.29) is 57.1 Å². The van der Waals surface area contributed by atoms with E-state index in [1.807, 2.05) is 0 Å². The molecule has 0 saturated heterocycles. The molecule has 23 heavy (non-hydrogen) atoms. The Balaban J connectivity index is -0.000000264. The van der Waals surface area contributed by atoms with Gasteiger partial charge in [0, 0.05) is 0 Å². The molecule has 0 aromatic heterocycles. The van der Waals surface area contributed by atoms with Gasteiger partial charge in [-0.3, -0.25) is 19.2 Å². The molecule has 0 aliphatic rings. The fourth-order valence-corrected chi connectivity index (χ4v) is 5.59. The zero-order chi connectivity index (χ0) is 18.7. The Bertz CT molecular complexity index is 282. The Morgan fingerprint density at radius 1 is 0.609 bits per heavy atom. The van der Waals surface area contributed by atoms with E-state index in [0.29, 0.717) is 0 Å². The van der Waals surface area contributed by atoms with Crippen molar-refractivity contribution in [1.29, 1.82) is 0 Å². The van der Waals surface area contributed by atoms with Gasteiger partial charge in [-0.05, 0) is 27.7 Å². The number of unbranched alkanes of at least 4 members (excludes halogenated alkanes) is 2. The molecule has 0 saturated carbocycles. The molecule has 5 heteroatoms. The fraction of sp³-hybridized carbons (Fsp3) is 0.778. The van der Waals surface area contributed by atoms with Crippen LogP contribution in [-0.2, 0) is 19.2 Å². The Morgan fingerprint density at radius 3 is 1.00 bits per heavy atom. The molecular formula is C18H34O4Sn.